The van der Waals surface area contributed by atoms with Gasteiger partial charge in [0, 0.05) is 37.2 Å². The number of carbonyl (C=O) groups excluding carboxylic acids is 1. The second-order valence-electron chi connectivity index (χ2n) is 7.49. The van der Waals surface area contributed by atoms with Crippen molar-refractivity contribution in [2.75, 3.05) is 19.0 Å². The molecule has 4 rings (SSSR count). The third kappa shape index (κ3) is 3.63. The third-order valence-corrected chi connectivity index (χ3v) is 5.29. The Hall–Kier alpha value is -3.68. The molecule has 154 valence electrons. The average molecular weight is 408 g/mol. The van der Waals surface area contributed by atoms with Crippen molar-refractivity contribution in [3.8, 4) is 0 Å². The summed E-state index contributed by atoms with van der Waals surface area (Å²) in [4.78, 5) is 36.9. The number of anilines is 1. The van der Waals surface area contributed by atoms with Crippen LogP contribution in [0.2, 0.25) is 0 Å². The Kier molecular flexibility index (Phi) is 4.99. The molecular formula is C22H20N2O6. The van der Waals surface area contributed by atoms with Crippen molar-refractivity contribution in [2.45, 2.75) is 25.9 Å². The zero-order chi connectivity index (χ0) is 21.4. The Morgan fingerprint density at radius 3 is 2.60 bits per heavy atom. The highest BCUT2D eigenvalue weighted by Gasteiger charge is 2.20. The minimum absolute atomic E-state index is 0.0699. The first-order valence-corrected chi connectivity index (χ1v) is 9.55. The summed E-state index contributed by atoms with van der Waals surface area (Å²) in [5.74, 6) is -0.703. The van der Waals surface area contributed by atoms with Crippen molar-refractivity contribution in [3.63, 3.8) is 0 Å². The van der Waals surface area contributed by atoms with E-state index in [0.717, 1.165) is 24.6 Å². The standard InChI is InChI=1S/C22H20N2O6/c1-23(2)18-7-6-15(9-19(18)24(27)28)22(26)29-12-16-11-21(25)30-20-10-14-5-3-4-13(14)8-17(16)20/h6-11H,3-5,12H2,1-2H3. The van der Waals surface area contributed by atoms with Gasteiger partial charge in [0.25, 0.3) is 5.69 Å². The predicted octanol–water partition coefficient (Wildman–Crippen LogP) is 3.61. The van der Waals surface area contributed by atoms with Gasteiger partial charge in [0.05, 0.1) is 10.5 Å². The number of fused-ring (bicyclic) bond motifs is 2. The van der Waals surface area contributed by atoms with E-state index in [1.165, 1.54) is 35.4 Å². The van der Waals surface area contributed by atoms with Crippen LogP contribution >= 0.6 is 0 Å². The summed E-state index contributed by atoms with van der Waals surface area (Å²) in [5.41, 5.74) is 3.15. The second kappa shape index (κ2) is 7.62. The number of nitro groups is 1. The number of benzene rings is 2. The fraction of sp³-hybridized carbons (Fsp3) is 0.273. The molecule has 0 saturated carbocycles. The Morgan fingerprint density at radius 2 is 1.90 bits per heavy atom. The zero-order valence-electron chi connectivity index (χ0n) is 16.6. The lowest BCUT2D eigenvalue weighted by Gasteiger charge is -2.13. The molecule has 0 spiro atoms. The van der Waals surface area contributed by atoms with E-state index < -0.39 is 16.5 Å². The van der Waals surface area contributed by atoms with Crippen LogP contribution in [0.3, 0.4) is 0 Å². The van der Waals surface area contributed by atoms with Crippen molar-refractivity contribution in [1.82, 2.24) is 0 Å². The van der Waals surface area contributed by atoms with Gasteiger partial charge in [-0.1, -0.05) is 0 Å². The van der Waals surface area contributed by atoms with Gasteiger partial charge in [-0.15, -0.1) is 0 Å². The minimum atomic E-state index is -0.703. The summed E-state index contributed by atoms with van der Waals surface area (Å²) in [7, 11) is 3.37. The van der Waals surface area contributed by atoms with E-state index >= 15 is 0 Å². The molecule has 0 unspecified atom stereocenters. The molecule has 1 heterocycles. The Labute approximate surface area is 171 Å². The fourth-order valence-corrected chi connectivity index (χ4v) is 3.82. The Balaban J connectivity index is 1.61. The van der Waals surface area contributed by atoms with Crippen LogP contribution in [0.5, 0.6) is 0 Å². The van der Waals surface area contributed by atoms with Crippen LogP contribution in [0.1, 0.15) is 33.5 Å². The first kappa shape index (κ1) is 19.6. The number of hydrogen-bond donors (Lipinski definition) is 0. The number of aryl methyl sites for hydroxylation is 2. The third-order valence-electron chi connectivity index (χ3n) is 5.29. The first-order chi connectivity index (χ1) is 14.3. The molecule has 0 N–H and O–H groups in total. The lowest BCUT2D eigenvalue weighted by molar-refractivity contribution is -0.384. The summed E-state index contributed by atoms with van der Waals surface area (Å²) in [6, 6.07) is 9.37. The highest BCUT2D eigenvalue weighted by molar-refractivity contribution is 5.91. The molecule has 0 radical (unpaired) electrons. The molecule has 1 aliphatic carbocycles. The van der Waals surface area contributed by atoms with E-state index in [1.54, 1.807) is 19.0 Å². The van der Waals surface area contributed by atoms with Gasteiger partial charge >= 0.3 is 11.6 Å². The van der Waals surface area contributed by atoms with Gasteiger partial charge in [-0.05, 0) is 54.7 Å². The molecule has 0 atom stereocenters. The van der Waals surface area contributed by atoms with Gasteiger partial charge < -0.3 is 14.1 Å². The van der Waals surface area contributed by atoms with Crippen LogP contribution in [0, 0.1) is 10.1 Å². The molecule has 2 aromatic carbocycles. The van der Waals surface area contributed by atoms with Gasteiger partial charge in [-0.3, -0.25) is 10.1 Å². The molecule has 0 bridgehead atoms. The number of esters is 1. The molecule has 3 aromatic rings. The van der Waals surface area contributed by atoms with Gasteiger partial charge in [-0.2, -0.15) is 0 Å². The first-order valence-electron chi connectivity index (χ1n) is 9.55. The normalized spacial score (nSPS) is 12.6. The fourth-order valence-electron chi connectivity index (χ4n) is 3.82. The van der Waals surface area contributed by atoms with Crippen LogP contribution in [0.15, 0.2) is 45.6 Å². The van der Waals surface area contributed by atoms with Gasteiger partial charge in [0.1, 0.15) is 17.9 Å². The highest BCUT2D eigenvalue weighted by atomic mass is 16.6. The number of ether oxygens (including phenoxy) is 1. The smallest absolute Gasteiger partial charge is 0.338 e. The van der Waals surface area contributed by atoms with Gasteiger partial charge in [0.15, 0.2) is 0 Å². The molecule has 8 nitrogen and oxygen atoms in total. The molecule has 1 aliphatic rings. The second-order valence-corrected chi connectivity index (χ2v) is 7.49. The molecule has 1 aromatic heterocycles. The van der Waals surface area contributed by atoms with Gasteiger partial charge in [-0.25, -0.2) is 9.59 Å². The molecule has 0 fully saturated rings. The summed E-state index contributed by atoms with van der Waals surface area (Å²) >= 11 is 0. The summed E-state index contributed by atoms with van der Waals surface area (Å²) in [5, 5.41) is 12.1. The average Bonchev–Trinajstić information content (AvgIpc) is 3.16. The SMILES string of the molecule is CN(C)c1ccc(C(=O)OCc2cc(=O)oc3cc4c(cc23)CCC4)cc1[N+](=O)[O-]. The summed E-state index contributed by atoms with van der Waals surface area (Å²) in [6.45, 7) is -0.136. The van der Waals surface area contributed by atoms with Crippen LogP contribution in [0.25, 0.3) is 11.0 Å². The van der Waals surface area contributed by atoms with Crippen molar-refractivity contribution >= 4 is 28.3 Å². The Morgan fingerprint density at radius 1 is 1.17 bits per heavy atom. The molecule has 30 heavy (non-hydrogen) atoms. The van der Waals surface area contributed by atoms with E-state index in [0.29, 0.717) is 16.8 Å². The van der Waals surface area contributed by atoms with Crippen molar-refractivity contribution < 1.29 is 18.9 Å². The topological polar surface area (TPSA) is 103 Å². The maximum Gasteiger partial charge on any atom is 0.338 e. The van der Waals surface area contributed by atoms with Crippen LogP contribution in [-0.4, -0.2) is 25.0 Å². The van der Waals surface area contributed by atoms with Gasteiger partial charge in [0.2, 0.25) is 0 Å². The number of carbonyl (C=O) groups is 1. The molecule has 0 saturated heterocycles. The van der Waals surface area contributed by atoms with Crippen molar-refractivity contribution in [2.24, 2.45) is 0 Å². The summed E-state index contributed by atoms with van der Waals surface area (Å²) in [6.07, 6.45) is 2.98. The van der Waals surface area contributed by atoms with E-state index in [2.05, 4.69) is 0 Å². The summed E-state index contributed by atoms with van der Waals surface area (Å²) < 4.78 is 10.7. The van der Waals surface area contributed by atoms with E-state index in [1.807, 2.05) is 12.1 Å². The minimum Gasteiger partial charge on any atom is -0.457 e. The number of nitro benzene ring substituents is 1. The van der Waals surface area contributed by atoms with E-state index in [-0.39, 0.29) is 17.9 Å². The quantitative estimate of drug-likeness (QED) is 0.275. The molecule has 0 amide bonds. The molecular weight excluding hydrogens is 388 g/mol. The highest BCUT2D eigenvalue weighted by Crippen LogP contribution is 2.30. The van der Waals surface area contributed by atoms with Crippen LogP contribution < -0.4 is 10.5 Å². The van der Waals surface area contributed by atoms with Crippen LogP contribution in [-0.2, 0) is 24.2 Å². The molecule has 0 aliphatic heterocycles. The van der Waals surface area contributed by atoms with Crippen molar-refractivity contribution in [1.29, 1.82) is 0 Å². The predicted molar refractivity (Wildman–Crippen MR) is 111 cm³/mol. The van der Waals surface area contributed by atoms with Crippen LogP contribution in [0.4, 0.5) is 11.4 Å². The van der Waals surface area contributed by atoms with Crippen molar-refractivity contribution in [3.05, 3.63) is 79.2 Å². The maximum absolute atomic E-state index is 12.5. The monoisotopic (exact) mass is 408 g/mol. The van der Waals surface area contributed by atoms with E-state index in [9.17, 15) is 19.7 Å². The Bertz CT molecular complexity index is 1230. The molecule has 8 heteroatoms. The zero-order valence-corrected chi connectivity index (χ0v) is 16.6. The lowest BCUT2D eigenvalue weighted by Crippen LogP contribution is -2.13. The largest absolute Gasteiger partial charge is 0.457 e. The number of hydrogen-bond acceptors (Lipinski definition) is 7. The van der Waals surface area contributed by atoms with E-state index in [4.69, 9.17) is 9.15 Å². The lowest BCUT2D eigenvalue weighted by atomic mass is 10.0. The number of rotatable bonds is 5. The maximum atomic E-state index is 12.5. The number of nitrogens with zero attached hydrogens (tertiary/aromatic N) is 2.